The van der Waals surface area contributed by atoms with E-state index in [2.05, 4.69) is 32.9 Å². The fourth-order valence-electron chi connectivity index (χ4n) is 3.45. The second-order valence-electron chi connectivity index (χ2n) is 7.09. The summed E-state index contributed by atoms with van der Waals surface area (Å²) in [6.07, 6.45) is 3.89. The van der Waals surface area contributed by atoms with Crippen molar-refractivity contribution in [2.24, 2.45) is 11.8 Å². The van der Waals surface area contributed by atoms with Crippen LogP contribution in [0.2, 0.25) is 0 Å². The van der Waals surface area contributed by atoms with E-state index in [0.29, 0.717) is 5.92 Å². The molecule has 1 heterocycles. The van der Waals surface area contributed by atoms with Crippen LogP contribution in [0.15, 0.2) is 18.2 Å². The highest BCUT2D eigenvalue weighted by atomic mass is 16.5. The maximum absolute atomic E-state index is 9.34. The molecule has 2 aliphatic rings. The Balaban J connectivity index is 1.83. The van der Waals surface area contributed by atoms with Crippen molar-refractivity contribution in [2.75, 3.05) is 0 Å². The molecular formula is C18H23NO2. The van der Waals surface area contributed by atoms with Crippen LogP contribution in [0.3, 0.4) is 0 Å². The van der Waals surface area contributed by atoms with Crippen LogP contribution < -0.4 is 9.47 Å². The molecule has 1 aliphatic carbocycles. The van der Waals surface area contributed by atoms with Gasteiger partial charge in [0.25, 0.3) is 0 Å². The van der Waals surface area contributed by atoms with Crippen LogP contribution in [0.25, 0.3) is 0 Å². The zero-order valence-electron chi connectivity index (χ0n) is 13.1. The Labute approximate surface area is 126 Å². The van der Waals surface area contributed by atoms with Crippen molar-refractivity contribution in [3.8, 4) is 17.6 Å². The Kier molecular flexibility index (Phi) is 3.57. The summed E-state index contributed by atoms with van der Waals surface area (Å²) in [5.74, 6) is 2.29. The van der Waals surface area contributed by atoms with Crippen molar-refractivity contribution < 1.29 is 9.47 Å². The molecule has 1 fully saturated rings. The predicted octanol–water partition coefficient (Wildman–Crippen LogP) is 4.11. The van der Waals surface area contributed by atoms with Crippen molar-refractivity contribution >= 4 is 0 Å². The molecular weight excluding hydrogens is 262 g/mol. The molecule has 1 saturated carbocycles. The molecule has 0 radical (unpaired) electrons. The van der Waals surface area contributed by atoms with E-state index >= 15 is 0 Å². The van der Waals surface area contributed by atoms with E-state index in [1.54, 1.807) is 0 Å². The van der Waals surface area contributed by atoms with E-state index in [1.807, 2.05) is 12.1 Å². The lowest BCUT2D eigenvalue weighted by molar-refractivity contribution is 0.0832. The van der Waals surface area contributed by atoms with Crippen LogP contribution >= 0.6 is 0 Å². The van der Waals surface area contributed by atoms with Crippen molar-refractivity contribution in [1.82, 2.24) is 0 Å². The van der Waals surface area contributed by atoms with E-state index in [4.69, 9.17) is 9.47 Å². The second-order valence-corrected chi connectivity index (χ2v) is 7.09. The summed E-state index contributed by atoms with van der Waals surface area (Å²) in [5, 5.41) is 9.34. The fraction of sp³-hybridized carbons (Fsp3) is 0.611. The zero-order chi connectivity index (χ0) is 15.0. The first-order chi connectivity index (χ1) is 9.98. The number of nitriles is 1. The zero-order valence-corrected chi connectivity index (χ0v) is 13.1. The Morgan fingerprint density at radius 3 is 2.90 bits per heavy atom. The van der Waals surface area contributed by atoms with Crippen molar-refractivity contribution in [3.63, 3.8) is 0 Å². The average Bonchev–Trinajstić information content (AvgIpc) is 2.74. The summed E-state index contributed by atoms with van der Waals surface area (Å²) in [6.45, 7) is 6.42. The molecule has 3 nitrogen and oxygen atoms in total. The summed E-state index contributed by atoms with van der Waals surface area (Å²) in [5.41, 5.74) is 1.03. The van der Waals surface area contributed by atoms with Gasteiger partial charge in [-0.1, -0.05) is 19.1 Å². The molecule has 112 valence electrons. The molecule has 1 aromatic carbocycles. The van der Waals surface area contributed by atoms with Gasteiger partial charge in [-0.25, -0.2) is 0 Å². The first kappa shape index (κ1) is 14.3. The third kappa shape index (κ3) is 2.85. The van der Waals surface area contributed by atoms with E-state index in [1.165, 1.54) is 5.56 Å². The van der Waals surface area contributed by atoms with Gasteiger partial charge in [0.2, 0.25) is 0 Å². The van der Waals surface area contributed by atoms with Gasteiger partial charge in [-0.15, -0.1) is 0 Å². The number of hydrogen-bond donors (Lipinski definition) is 0. The van der Waals surface area contributed by atoms with Gasteiger partial charge < -0.3 is 9.47 Å². The van der Waals surface area contributed by atoms with Gasteiger partial charge in [-0.3, -0.25) is 0 Å². The van der Waals surface area contributed by atoms with Gasteiger partial charge in [0.1, 0.15) is 11.7 Å². The molecule has 21 heavy (non-hydrogen) atoms. The Hall–Kier alpha value is -1.69. The van der Waals surface area contributed by atoms with Crippen LogP contribution in [0.5, 0.6) is 11.5 Å². The highest BCUT2D eigenvalue weighted by Crippen LogP contribution is 2.43. The lowest BCUT2D eigenvalue weighted by Gasteiger charge is -2.31. The number of fused-ring (bicyclic) bond motifs is 1. The Morgan fingerprint density at radius 2 is 2.14 bits per heavy atom. The number of rotatable bonds is 2. The van der Waals surface area contributed by atoms with Crippen LogP contribution in [-0.4, -0.2) is 11.7 Å². The quantitative estimate of drug-likeness (QED) is 0.821. The molecule has 3 rings (SSSR count). The van der Waals surface area contributed by atoms with Crippen LogP contribution in [-0.2, 0) is 6.42 Å². The van der Waals surface area contributed by atoms with E-state index in [0.717, 1.165) is 37.2 Å². The number of nitrogens with zero attached hydrogens (tertiary/aromatic N) is 1. The van der Waals surface area contributed by atoms with Crippen LogP contribution in [0.4, 0.5) is 0 Å². The summed E-state index contributed by atoms with van der Waals surface area (Å²) in [6, 6.07) is 8.50. The number of ether oxygens (including phenoxy) is 2. The largest absolute Gasteiger partial charge is 0.485 e. The minimum Gasteiger partial charge on any atom is -0.485 e. The van der Waals surface area contributed by atoms with Crippen LogP contribution in [0.1, 0.15) is 45.6 Å². The van der Waals surface area contributed by atoms with Crippen molar-refractivity contribution in [2.45, 2.75) is 58.2 Å². The monoisotopic (exact) mass is 285 g/mol. The third-order valence-electron chi connectivity index (χ3n) is 4.55. The molecule has 1 aliphatic heterocycles. The summed E-state index contributed by atoms with van der Waals surface area (Å²) >= 11 is 0. The molecule has 0 amide bonds. The van der Waals surface area contributed by atoms with Gasteiger partial charge >= 0.3 is 0 Å². The van der Waals surface area contributed by atoms with Gasteiger partial charge in [0.05, 0.1) is 12.0 Å². The third-order valence-corrected chi connectivity index (χ3v) is 4.55. The van der Waals surface area contributed by atoms with Crippen molar-refractivity contribution in [1.29, 1.82) is 5.26 Å². The number of hydrogen-bond acceptors (Lipinski definition) is 3. The number of benzene rings is 1. The topological polar surface area (TPSA) is 42.2 Å². The molecule has 0 bridgehead atoms. The highest BCUT2D eigenvalue weighted by Gasteiger charge is 2.35. The second kappa shape index (κ2) is 5.26. The normalized spacial score (nSPS) is 30.1. The molecule has 0 spiro atoms. The van der Waals surface area contributed by atoms with Gasteiger partial charge in [0, 0.05) is 12.0 Å². The van der Waals surface area contributed by atoms with Crippen LogP contribution in [0, 0.1) is 23.2 Å². The van der Waals surface area contributed by atoms with E-state index in [9.17, 15) is 5.26 Å². The van der Waals surface area contributed by atoms with Gasteiger partial charge in [-0.05, 0) is 45.1 Å². The highest BCUT2D eigenvalue weighted by molar-refractivity contribution is 5.50. The standard InChI is InChI=1S/C18H23NO2/c1-12-7-8-14(11-19)16(9-12)20-15-6-4-5-13-10-18(2,3)21-17(13)15/h4-6,12,14,16H,7-10H2,1-3H3. The van der Waals surface area contributed by atoms with Gasteiger partial charge in [0.15, 0.2) is 11.5 Å². The predicted molar refractivity (Wildman–Crippen MR) is 81.4 cm³/mol. The maximum atomic E-state index is 9.34. The van der Waals surface area contributed by atoms with Crippen molar-refractivity contribution in [3.05, 3.63) is 23.8 Å². The lowest BCUT2D eigenvalue weighted by Crippen LogP contribution is -2.32. The summed E-state index contributed by atoms with van der Waals surface area (Å²) in [7, 11) is 0. The minimum atomic E-state index is -0.170. The van der Waals surface area contributed by atoms with E-state index in [-0.39, 0.29) is 17.6 Å². The minimum absolute atomic E-state index is 0.00790. The molecule has 0 N–H and O–H groups in total. The average molecular weight is 285 g/mol. The molecule has 0 aromatic heterocycles. The molecule has 1 aromatic rings. The molecule has 3 unspecified atom stereocenters. The Morgan fingerprint density at radius 1 is 1.33 bits per heavy atom. The summed E-state index contributed by atoms with van der Waals surface area (Å²) < 4.78 is 12.3. The first-order valence-electron chi connectivity index (χ1n) is 7.86. The van der Waals surface area contributed by atoms with E-state index < -0.39 is 0 Å². The lowest BCUT2D eigenvalue weighted by atomic mass is 9.81. The first-order valence-corrected chi connectivity index (χ1v) is 7.86. The smallest absolute Gasteiger partial charge is 0.165 e. The summed E-state index contributed by atoms with van der Waals surface area (Å²) in [4.78, 5) is 0. The number of para-hydroxylation sites is 1. The maximum Gasteiger partial charge on any atom is 0.165 e. The molecule has 3 heteroatoms. The SMILES string of the molecule is CC1CCC(C#N)C(Oc2cccc3c2OC(C)(C)C3)C1. The Bertz CT molecular complexity index is 573. The fourth-order valence-corrected chi connectivity index (χ4v) is 3.45. The molecule has 0 saturated heterocycles. The molecule has 3 atom stereocenters. The van der Waals surface area contributed by atoms with Gasteiger partial charge in [-0.2, -0.15) is 5.26 Å².